The van der Waals surface area contributed by atoms with Crippen LogP contribution in [0.3, 0.4) is 0 Å². The van der Waals surface area contributed by atoms with Crippen LogP contribution in [0.2, 0.25) is 0 Å². The van der Waals surface area contributed by atoms with Gasteiger partial charge in [0.05, 0.1) is 29.6 Å². The molecule has 0 aliphatic carbocycles. The van der Waals surface area contributed by atoms with Crippen LogP contribution in [-0.2, 0) is 4.79 Å². The number of rotatable bonds is 6. The van der Waals surface area contributed by atoms with Crippen LogP contribution in [0.15, 0.2) is 36.4 Å². The lowest BCUT2D eigenvalue weighted by molar-refractivity contribution is -0.384. The van der Waals surface area contributed by atoms with Gasteiger partial charge in [-0.25, -0.2) is 0 Å². The molecule has 1 aliphatic heterocycles. The van der Waals surface area contributed by atoms with Crippen LogP contribution < -0.4 is 4.74 Å². The Morgan fingerprint density at radius 2 is 1.74 bits per heavy atom. The molecule has 3 rings (SSSR count). The normalized spacial score (nSPS) is 12.9. The third-order valence-corrected chi connectivity index (χ3v) is 4.25. The maximum atomic E-state index is 12.6. The van der Waals surface area contributed by atoms with Crippen LogP contribution in [-0.4, -0.2) is 46.4 Å². The predicted molar refractivity (Wildman–Crippen MR) is 92.7 cm³/mol. The molecule has 0 saturated heterocycles. The lowest BCUT2D eigenvalue weighted by Gasteiger charge is -2.11. The van der Waals surface area contributed by atoms with E-state index in [4.69, 9.17) is 9.84 Å². The number of carbonyl (C=O) groups is 3. The highest BCUT2D eigenvalue weighted by Gasteiger charge is 2.42. The van der Waals surface area contributed by atoms with Crippen molar-refractivity contribution in [1.82, 2.24) is 4.90 Å². The smallest absolute Gasteiger partial charge is 0.305 e. The highest BCUT2D eigenvalue weighted by atomic mass is 16.6. The number of methoxy groups -OCH3 is 1. The van der Waals surface area contributed by atoms with Crippen molar-refractivity contribution in [1.29, 1.82) is 0 Å². The average molecular weight is 370 g/mol. The van der Waals surface area contributed by atoms with Gasteiger partial charge < -0.3 is 9.84 Å². The van der Waals surface area contributed by atoms with E-state index >= 15 is 0 Å². The molecule has 138 valence electrons. The van der Waals surface area contributed by atoms with Crippen LogP contribution >= 0.6 is 0 Å². The molecule has 2 aromatic carbocycles. The molecule has 2 amide bonds. The van der Waals surface area contributed by atoms with Crippen molar-refractivity contribution in [2.24, 2.45) is 0 Å². The Morgan fingerprint density at radius 1 is 1.11 bits per heavy atom. The van der Waals surface area contributed by atoms with E-state index in [1.165, 1.54) is 19.2 Å². The van der Waals surface area contributed by atoms with E-state index in [-0.39, 0.29) is 23.2 Å². The number of carboxylic acid groups (broad SMARTS) is 1. The number of ether oxygens (including phenoxy) is 1. The number of imide groups is 1. The summed E-state index contributed by atoms with van der Waals surface area (Å²) in [5.41, 5.74) is -0.232. The molecule has 9 heteroatoms. The Hall–Kier alpha value is -3.75. The molecule has 0 radical (unpaired) electrons. The summed E-state index contributed by atoms with van der Waals surface area (Å²) in [5, 5.41) is 20.5. The largest absolute Gasteiger partial charge is 0.497 e. The number of benzene rings is 2. The van der Waals surface area contributed by atoms with Gasteiger partial charge in [0.2, 0.25) is 0 Å². The molecule has 1 aliphatic rings. The van der Waals surface area contributed by atoms with Crippen molar-refractivity contribution in [3.05, 3.63) is 57.6 Å². The highest BCUT2D eigenvalue weighted by molar-refractivity contribution is 6.24. The maximum absolute atomic E-state index is 12.6. The number of fused-ring (bicyclic) bond motifs is 1. The summed E-state index contributed by atoms with van der Waals surface area (Å²) in [4.78, 5) is 47.5. The summed E-state index contributed by atoms with van der Waals surface area (Å²) in [7, 11) is 1.49. The first-order chi connectivity index (χ1) is 12.8. The molecular weight excluding hydrogens is 356 g/mol. The highest BCUT2D eigenvalue weighted by Crippen LogP contribution is 2.39. The molecule has 0 saturated carbocycles. The van der Waals surface area contributed by atoms with Gasteiger partial charge in [-0.05, 0) is 29.8 Å². The first kappa shape index (κ1) is 18.1. The summed E-state index contributed by atoms with van der Waals surface area (Å²) in [5.74, 6) is -2.22. The van der Waals surface area contributed by atoms with Crippen LogP contribution in [0.25, 0.3) is 11.1 Å². The number of hydrogen-bond donors (Lipinski definition) is 1. The number of amides is 2. The van der Waals surface area contributed by atoms with Crippen molar-refractivity contribution in [3.63, 3.8) is 0 Å². The molecule has 27 heavy (non-hydrogen) atoms. The van der Waals surface area contributed by atoms with E-state index in [0.29, 0.717) is 11.3 Å². The second-order valence-corrected chi connectivity index (χ2v) is 5.78. The van der Waals surface area contributed by atoms with E-state index in [9.17, 15) is 24.5 Å². The van der Waals surface area contributed by atoms with E-state index in [0.717, 1.165) is 4.90 Å². The minimum atomic E-state index is -1.18. The molecule has 0 atom stereocenters. The lowest BCUT2D eigenvalue weighted by Crippen LogP contribution is -2.32. The molecule has 1 heterocycles. The second-order valence-electron chi connectivity index (χ2n) is 5.78. The predicted octanol–water partition coefficient (Wildman–Crippen LogP) is 2.34. The Morgan fingerprint density at radius 3 is 2.30 bits per heavy atom. The van der Waals surface area contributed by atoms with Crippen molar-refractivity contribution < 1.29 is 29.2 Å². The number of carboxylic acids is 1. The third kappa shape index (κ3) is 3.10. The summed E-state index contributed by atoms with van der Waals surface area (Å²) in [6, 6.07) is 9.22. The zero-order chi connectivity index (χ0) is 19.7. The van der Waals surface area contributed by atoms with Gasteiger partial charge in [0.25, 0.3) is 17.5 Å². The molecule has 0 spiro atoms. The van der Waals surface area contributed by atoms with E-state index < -0.39 is 34.8 Å². The van der Waals surface area contributed by atoms with Gasteiger partial charge >= 0.3 is 5.97 Å². The quantitative estimate of drug-likeness (QED) is 0.469. The molecule has 1 N–H and O–H groups in total. The van der Waals surface area contributed by atoms with Crippen molar-refractivity contribution >= 4 is 23.5 Å². The number of hydrogen-bond acceptors (Lipinski definition) is 6. The number of nitrogens with zero attached hydrogens (tertiary/aromatic N) is 2. The minimum absolute atomic E-state index is 0.102. The van der Waals surface area contributed by atoms with Gasteiger partial charge in [-0.1, -0.05) is 12.1 Å². The number of nitro benzene ring substituents is 1. The second kappa shape index (κ2) is 6.87. The van der Waals surface area contributed by atoms with Crippen molar-refractivity contribution in [2.45, 2.75) is 6.42 Å². The van der Waals surface area contributed by atoms with Crippen molar-refractivity contribution in [3.8, 4) is 16.9 Å². The molecule has 9 nitrogen and oxygen atoms in total. The fraction of sp³-hybridized carbons (Fsp3) is 0.167. The Bertz CT molecular complexity index is 966. The van der Waals surface area contributed by atoms with Crippen LogP contribution in [0.5, 0.6) is 5.75 Å². The Balaban J connectivity index is 2.11. The standard InChI is InChI=1S/C18H14N2O7/c1-27-11-4-2-10(3-5-11)12-6-7-13-15(16(12)20(25)26)18(24)19(17(13)23)9-8-14(21)22/h2-7H,8-9H2,1H3,(H,21,22). The van der Waals surface area contributed by atoms with Crippen LogP contribution in [0.1, 0.15) is 27.1 Å². The van der Waals surface area contributed by atoms with Gasteiger partial charge in [0.15, 0.2) is 0 Å². The van der Waals surface area contributed by atoms with Crippen molar-refractivity contribution in [2.75, 3.05) is 13.7 Å². The Kier molecular flexibility index (Phi) is 4.59. The monoisotopic (exact) mass is 370 g/mol. The fourth-order valence-electron chi connectivity index (χ4n) is 2.96. The molecular formula is C18H14N2O7. The van der Waals surface area contributed by atoms with E-state index in [1.54, 1.807) is 24.3 Å². The third-order valence-electron chi connectivity index (χ3n) is 4.25. The summed E-state index contributed by atoms with van der Waals surface area (Å²) in [6.07, 6.45) is -0.440. The van der Waals surface area contributed by atoms with Gasteiger partial charge in [-0.3, -0.25) is 29.4 Å². The van der Waals surface area contributed by atoms with Crippen LogP contribution in [0.4, 0.5) is 5.69 Å². The molecule has 0 fully saturated rings. The minimum Gasteiger partial charge on any atom is -0.497 e. The molecule has 0 bridgehead atoms. The zero-order valence-electron chi connectivity index (χ0n) is 14.2. The molecule has 2 aromatic rings. The lowest BCUT2D eigenvalue weighted by atomic mass is 9.97. The maximum Gasteiger partial charge on any atom is 0.305 e. The number of nitro groups is 1. The first-order valence-corrected chi connectivity index (χ1v) is 7.89. The van der Waals surface area contributed by atoms with E-state index in [2.05, 4.69) is 0 Å². The van der Waals surface area contributed by atoms with Crippen LogP contribution in [0, 0.1) is 10.1 Å². The SMILES string of the molecule is COc1ccc(-c2ccc3c(c2[N+](=O)[O-])C(=O)N(CCC(=O)O)C3=O)cc1. The zero-order valence-corrected chi connectivity index (χ0v) is 14.2. The summed E-state index contributed by atoms with van der Waals surface area (Å²) in [6.45, 7) is -0.350. The Labute approximate surface area is 152 Å². The van der Waals surface area contributed by atoms with Gasteiger partial charge in [0, 0.05) is 6.54 Å². The topological polar surface area (TPSA) is 127 Å². The average Bonchev–Trinajstić information content (AvgIpc) is 2.89. The first-order valence-electron chi connectivity index (χ1n) is 7.89. The number of aliphatic carboxylic acids is 1. The summed E-state index contributed by atoms with van der Waals surface area (Å²) < 4.78 is 5.06. The van der Waals surface area contributed by atoms with Gasteiger partial charge in [-0.15, -0.1) is 0 Å². The number of carbonyl (C=O) groups excluding carboxylic acids is 2. The van der Waals surface area contributed by atoms with Gasteiger partial charge in [0.1, 0.15) is 11.3 Å². The molecule has 0 aromatic heterocycles. The van der Waals surface area contributed by atoms with Gasteiger partial charge in [-0.2, -0.15) is 0 Å². The summed E-state index contributed by atoms with van der Waals surface area (Å²) >= 11 is 0. The molecule has 0 unspecified atom stereocenters. The fourth-order valence-corrected chi connectivity index (χ4v) is 2.96. The van der Waals surface area contributed by atoms with E-state index in [1.807, 2.05) is 0 Å².